The third kappa shape index (κ3) is 3.56. The van der Waals surface area contributed by atoms with Gasteiger partial charge in [-0.3, -0.25) is 4.79 Å². The fourth-order valence-electron chi connectivity index (χ4n) is 2.60. The molecule has 1 unspecified atom stereocenters. The van der Waals surface area contributed by atoms with Crippen molar-refractivity contribution in [2.24, 2.45) is 5.92 Å². The number of hydrogen-bond donors (Lipinski definition) is 0. The van der Waals surface area contributed by atoms with Gasteiger partial charge in [0.25, 0.3) is 5.91 Å². The lowest BCUT2D eigenvalue weighted by atomic mass is 9.95. The van der Waals surface area contributed by atoms with Crippen LogP contribution < -0.4 is 0 Å². The van der Waals surface area contributed by atoms with E-state index in [4.69, 9.17) is 0 Å². The number of aryl methyl sites for hydroxylation is 1. The van der Waals surface area contributed by atoms with Crippen LogP contribution in [0.15, 0.2) is 18.2 Å². The molecule has 0 saturated carbocycles. The molecule has 1 aliphatic rings. The Morgan fingerprint density at radius 2 is 2.32 bits per heavy atom. The van der Waals surface area contributed by atoms with Crippen LogP contribution in [0.5, 0.6) is 0 Å². The highest BCUT2D eigenvalue weighted by Gasteiger charge is 2.25. The smallest absolute Gasteiger partial charge is 0.256 e. The van der Waals surface area contributed by atoms with Crippen LogP contribution in [-0.2, 0) is 0 Å². The van der Waals surface area contributed by atoms with Crippen LogP contribution in [0.4, 0.5) is 4.39 Å². The van der Waals surface area contributed by atoms with Crippen molar-refractivity contribution in [2.75, 3.05) is 18.4 Å². The number of likely N-dealkylation sites (tertiary alicyclic amines) is 1. The predicted molar refractivity (Wildman–Crippen MR) is 78.2 cm³/mol. The summed E-state index contributed by atoms with van der Waals surface area (Å²) in [6.07, 6.45) is 3.24. The number of nitrogens with zero attached hydrogens (tertiary/aromatic N) is 1. The van der Waals surface area contributed by atoms with Gasteiger partial charge in [0.15, 0.2) is 0 Å². The molecule has 1 atom stereocenters. The first kappa shape index (κ1) is 14.5. The highest BCUT2D eigenvalue weighted by atomic mass is 79.9. The van der Waals surface area contributed by atoms with E-state index in [1.165, 1.54) is 6.07 Å². The maximum atomic E-state index is 13.8. The Labute approximate surface area is 122 Å². The zero-order chi connectivity index (χ0) is 13.8. The van der Waals surface area contributed by atoms with E-state index >= 15 is 0 Å². The highest BCUT2D eigenvalue weighted by molar-refractivity contribution is 9.09. The van der Waals surface area contributed by atoms with Crippen molar-refractivity contribution >= 4 is 21.8 Å². The van der Waals surface area contributed by atoms with Crippen molar-refractivity contribution in [2.45, 2.75) is 26.2 Å². The minimum absolute atomic E-state index is 0.170. The minimum Gasteiger partial charge on any atom is -0.338 e. The molecule has 104 valence electrons. The molecule has 1 heterocycles. The molecule has 1 aromatic carbocycles. The molecule has 1 aromatic rings. The van der Waals surface area contributed by atoms with Gasteiger partial charge in [-0.25, -0.2) is 4.39 Å². The number of benzene rings is 1. The average Bonchev–Trinajstić information content (AvgIpc) is 2.39. The summed E-state index contributed by atoms with van der Waals surface area (Å²) < 4.78 is 13.8. The van der Waals surface area contributed by atoms with E-state index in [0.717, 1.165) is 43.2 Å². The highest BCUT2D eigenvalue weighted by Crippen LogP contribution is 2.22. The maximum absolute atomic E-state index is 13.8. The largest absolute Gasteiger partial charge is 0.338 e. The summed E-state index contributed by atoms with van der Waals surface area (Å²) in [4.78, 5) is 14.2. The Bertz CT molecular complexity index is 461. The number of carbonyl (C=O) groups excluding carboxylic acids is 1. The zero-order valence-corrected chi connectivity index (χ0v) is 12.7. The molecule has 1 fully saturated rings. The first-order valence-corrected chi connectivity index (χ1v) is 7.85. The van der Waals surface area contributed by atoms with Gasteiger partial charge in [-0.15, -0.1) is 0 Å². The summed E-state index contributed by atoms with van der Waals surface area (Å²) >= 11 is 3.44. The van der Waals surface area contributed by atoms with Gasteiger partial charge >= 0.3 is 0 Å². The molecule has 1 saturated heterocycles. The first-order chi connectivity index (χ1) is 9.11. The minimum atomic E-state index is -0.410. The number of rotatable bonds is 3. The standard InChI is InChI=1S/C15H19BrFNO/c1-11-4-5-13(14(17)9-11)15(19)18-8-2-3-12(10-18)6-7-16/h4-5,9,12H,2-3,6-8,10H2,1H3. The molecular formula is C15H19BrFNO. The molecule has 2 rings (SSSR count). The summed E-state index contributed by atoms with van der Waals surface area (Å²) in [6.45, 7) is 3.31. The molecule has 0 spiro atoms. The molecule has 2 nitrogen and oxygen atoms in total. The van der Waals surface area contributed by atoms with E-state index in [9.17, 15) is 9.18 Å². The van der Waals surface area contributed by atoms with Crippen LogP contribution >= 0.6 is 15.9 Å². The topological polar surface area (TPSA) is 20.3 Å². The summed E-state index contributed by atoms with van der Waals surface area (Å²) in [7, 11) is 0. The number of hydrogen-bond acceptors (Lipinski definition) is 1. The summed E-state index contributed by atoms with van der Waals surface area (Å²) in [5.74, 6) is -0.0463. The second kappa shape index (κ2) is 6.51. The van der Waals surface area contributed by atoms with Gasteiger partial charge < -0.3 is 4.90 Å². The third-order valence-corrected chi connectivity index (χ3v) is 4.14. The molecule has 0 bridgehead atoms. The SMILES string of the molecule is Cc1ccc(C(=O)N2CCCC(CCBr)C2)c(F)c1. The fourth-order valence-corrected chi connectivity index (χ4v) is 3.25. The Morgan fingerprint density at radius 3 is 3.00 bits per heavy atom. The lowest BCUT2D eigenvalue weighted by Gasteiger charge is -2.32. The van der Waals surface area contributed by atoms with Crippen molar-refractivity contribution in [1.82, 2.24) is 4.90 Å². The molecular weight excluding hydrogens is 309 g/mol. The maximum Gasteiger partial charge on any atom is 0.256 e. The van der Waals surface area contributed by atoms with Crippen LogP contribution in [-0.4, -0.2) is 29.2 Å². The number of amides is 1. The van der Waals surface area contributed by atoms with E-state index in [-0.39, 0.29) is 11.5 Å². The molecule has 19 heavy (non-hydrogen) atoms. The van der Waals surface area contributed by atoms with Crippen molar-refractivity contribution < 1.29 is 9.18 Å². The predicted octanol–water partition coefficient (Wildman–Crippen LogP) is 3.77. The Hall–Kier alpha value is -0.900. The van der Waals surface area contributed by atoms with Crippen molar-refractivity contribution in [1.29, 1.82) is 0 Å². The van der Waals surface area contributed by atoms with Gasteiger partial charge in [0.05, 0.1) is 5.56 Å². The van der Waals surface area contributed by atoms with E-state index in [2.05, 4.69) is 15.9 Å². The Balaban J connectivity index is 2.10. The fraction of sp³-hybridized carbons (Fsp3) is 0.533. The van der Waals surface area contributed by atoms with Crippen LogP contribution in [0.25, 0.3) is 0 Å². The quantitative estimate of drug-likeness (QED) is 0.774. The average molecular weight is 328 g/mol. The van der Waals surface area contributed by atoms with E-state index < -0.39 is 5.82 Å². The lowest BCUT2D eigenvalue weighted by Crippen LogP contribution is -2.40. The molecule has 0 N–H and O–H groups in total. The number of piperidine rings is 1. The Morgan fingerprint density at radius 1 is 1.53 bits per heavy atom. The van der Waals surface area contributed by atoms with Crippen LogP contribution in [0.1, 0.15) is 35.2 Å². The molecule has 1 amide bonds. The van der Waals surface area contributed by atoms with Gasteiger partial charge in [-0.05, 0) is 49.8 Å². The van der Waals surface area contributed by atoms with Gasteiger partial charge in [0.1, 0.15) is 5.82 Å². The summed E-state index contributed by atoms with van der Waals surface area (Å²) in [5, 5.41) is 0.957. The van der Waals surface area contributed by atoms with Crippen molar-refractivity contribution in [3.63, 3.8) is 0 Å². The van der Waals surface area contributed by atoms with Crippen LogP contribution in [0.2, 0.25) is 0 Å². The monoisotopic (exact) mass is 327 g/mol. The zero-order valence-electron chi connectivity index (χ0n) is 11.2. The van der Waals surface area contributed by atoms with Gasteiger partial charge in [0, 0.05) is 18.4 Å². The van der Waals surface area contributed by atoms with Crippen molar-refractivity contribution in [3.8, 4) is 0 Å². The number of carbonyl (C=O) groups is 1. The van der Waals surface area contributed by atoms with Gasteiger partial charge in [0.2, 0.25) is 0 Å². The Kier molecular flexibility index (Phi) is 4.97. The van der Waals surface area contributed by atoms with E-state index in [1.807, 2.05) is 6.92 Å². The number of halogens is 2. The normalized spacial score (nSPS) is 19.5. The molecule has 0 aliphatic carbocycles. The summed E-state index contributed by atoms with van der Waals surface area (Å²) in [6, 6.07) is 4.81. The summed E-state index contributed by atoms with van der Waals surface area (Å²) in [5.41, 5.74) is 1.04. The molecule has 0 radical (unpaired) electrons. The first-order valence-electron chi connectivity index (χ1n) is 6.73. The number of alkyl halides is 1. The second-order valence-corrected chi connectivity index (χ2v) is 6.01. The van der Waals surface area contributed by atoms with Gasteiger partial charge in [-0.1, -0.05) is 22.0 Å². The molecule has 4 heteroatoms. The van der Waals surface area contributed by atoms with E-state index in [0.29, 0.717) is 5.92 Å². The molecule has 0 aromatic heterocycles. The van der Waals surface area contributed by atoms with Gasteiger partial charge in [-0.2, -0.15) is 0 Å². The lowest BCUT2D eigenvalue weighted by molar-refractivity contribution is 0.0667. The second-order valence-electron chi connectivity index (χ2n) is 5.22. The van der Waals surface area contributed by atoms with Crippen molar-refractivity contribution in [3.05, 3.63) is 35.1 Å². The molecule has 1 aliphatic heterocycles. The van der Waals surface area contributed by atoms with Crippen LogP contribution in [0, 0.1) is 18.7 Å². The van der Waals surface area contributed by atoms with E-state index in [1.54, 1.807) is 17.0 Å². The third-order valence-electron chi connectivity index (χ3n) is 3.68. The van der Waals surface area contributed by atoms with Crippen LogP contribution in [0.3, 0.4) is 0 Å².